The Morgan fingerprint density at radius 1 is 1.18 bits per heavy atom. The van der Waals surface area contributed by atoms with Gasteiger partial charge in [-0.1, -0.05) is 12.1 Å². The quantitative estimate of drug-likeness (QED) is 0.238. The molecule has 1 saturated heterocycles. The van der Waals surface area contributed by atoms with Gasteiger partial charge in [0.05, 0.1) is 18.2 Å². The van der Waals surface area contributed by atoms with Crippen LogP contribution in [0, 0.1) is 0 Å². The summed E-state index contributed by atoms with van der Waals surface area (Å²) >= 11 is 0. The van der Waals surface area contributed by atoms with Crippen LogP contribution >= 0.6 is 24.0 Å². The predicted molar refractivity (Wildman–Crippen MR) is 114 cm³/mol. The molecular formula is C19H29F3IN3O2. The molecule has 1 aliphatic heterocycles. The normalized spacial score (nSPS) is 15.8. The second-order valence-corrected chi connectivity index (χ2v) is 6.35. The molecule has 9 heteroatoms. The summed E-state index contributed by atoms with van der Waals surface area (Å²) < 4.78 is 48.9. The number of alkyl halides is 3. The predicted octanol–water partition coefficient (Wildman–Crippen LogP) is 3.96. The van der Waals surface area contributed by atoms with Gasteiger partial charge in [-0.25, -0.2) is 4.99 Å². The second kappa shape index (κ2) is 13.2. The molecule has 1 aromatic carbocycles. The summed E-state index contributed by atoms with van der Waals surface area (Å²) in [5, 5.41) is 6.35. The van der Waals surface area contributed by atoms with Gasteiger partial charge in [0.25, 0.3) is 0 Å². The van der Waals surface area contributed by atoms with Crippen molar-refractivity contribution < 1.29 is 22.6 Å². The minimum absolute atomic E-state index is 0. The highest BCUT2D eigenvalue weighted by molar-refractivity contribution is 14.0. The fraction of sp³-hybridized carbons (Fsp3) is 0.632. The highest BCUT2D eigenvalue weighted by Gasteiger charge is 2.29. The topological polar surface area (TPSA) is 54.9 Å². The maximum Gasteiger partial charge on any atom is 0.416 e. The van der Waals surface area contributed by atoms with E-state index in [0.717, 1.165) is 50.2 Å². The summed E-state index contributed by atoms with van der Waals surface area (Å²) in [6.45, 7) is 5.90. The van der Waals surface area contributed by atoms with Gasteiger partial charge in [0, 0.05) is 32.9 Å². The molecule has 1 aromatic rings. The molecule has 1 heterocycles. The molecule has 1 aliphatic rings. The van der Waals surface area contributed by atoms with E-state index in [0.29, 0.717) is 38.3 Å². The largest absolute Gasteiger partial charge is 0.416 e. The SMILES string of the molecule is CCNC(=NCc1ccc(C(F)(F)F)cc1)NCCCOC1CCOCC1.I. The summed E-state index contributed by atoms with van der Waals surface area (Å²) in [6, 6.07) is 5.08. The van der Waals surface area contributed by atoms with E-state index >= 15 is 0 Å². The Morgan fingerprint density at radius 2 is 1.86 bits per heavy atom. The van der Waals surface area contributed by atoms with E-state index in [2.05, 4.69) is 15.6 Å². The van der Waals surface area contributed by atoms with Gasteiger partial charge in [-0.05, 0) is 43.9 Å². The van der Waals surface area contributed by atoms with E-state index in [-0.39, 0.29) is 24.0 Å². The van der Waals surface area contributed by atoms with Crippen molar-refractivity contribution in [1.29, 1.82) is 0 Å². The van der Waals surface area contributed by atoms with E-state index in [9.17, 15) is 13.2 Å². The fourth-order valence-electron chi connectivity index (χ4n) is 2.68. The number of aliphatic imine (C=N–C) groups is 1. The maximum atomic E-state index is 12.6. The zero-order valence-corrected chi connectivity index (χ0v) is 18.4. The van der Waals surface area contributed by atoms with Gasteiger partial charge >= 0.3 is 6.18 Å². The van der Waals surface area contributed by atoms with E-state index in [1.54, 1.807) is 0 Å². The molecule has 0 bridgehead atoms. The Hall–Kier alpha value is -1.07. The molecule has 0 unspecified atom stereocenters. The number of hydrogen-bond donors (Lipinski definition) is 2. The van der Waals surface area contributed by atoms with Crippen LogP contribution in [-0.2, 0) is 22.2 Å². The average molecular weight is 515 g/mol. The Kier molecular flexibility index (Phi) is 11.8. The van der Waals surface area contributed by atoms with Crippen LogP contribution in [0.1, 0.15) is 37.3 Å². The average Bonchev–Trinajstić information content (AvgIpc) is 2.66. The third-order valence-corrected chi connectivity index (χ3v) is 4.18. The number of nitrogens with zero attached hydrogens (tertiary/aromatic N) is 1. The number of benzene rings is 1. The molecule has 0 amide bonds. The van der Waals surface area contributed by atoms with E-state index in [1.807, 2.05) is 6.92 Å². The highest BCUT2D eigenvalue weighted by Crippen LogP contribution is 2.29. The van der Waals surface area contributed by atoms with Crippen molar-refractivity contribution in [3.63, 3.8) is 0 Å². The van der Waals surface area contributed by atoms with Gasteiger partial charge in [0.1, 0.15) is 0 Å². The molecule has 2 rings (SSSR count). The molecule has 2 N–H and O–H groups in total. The first-order chi connectivity index (χ1) is 13.0. The van der Waals surface area contributed by atoms with Crippen molar-refractivity contribution >= 4 is 29.9 Å². The van der Waals surface area contributed by atoms with E-state index < -0.39 is 11.7 Å². The van der Waals surface area contributed by atoms with Crippen LogP contribution in [0.4, 0.5) is 13.2 Å². The Labute approximate surface area is 181 Å². The number of guanidine groups is 1. The standard InChI is InChI=1S/C19H28F3N3O2.HI/c1-2-23-18(24-10-3-11-27-17-8-12-26-13-9-17)25-14-15-4-6-16(7-5-15)19(20,21)22;/h4-7,17H,2-3,8-14H2,1H3,(H2,23,24,25);1H. The summed E-state index contributed by atoms with van der Waals surface area (Å²) in [7, 11) is 0. The first-order valence-corrected chi connectivity index (χ1v) is 9.36. The molecule has 28 heavy (non-hydrogen) atoms. The van der Waals surface area contributed by atoms with Gasteiger partial charge in [-0.3, -0.25) is 0 Å². The molecule has 5 nitrogen and oxygen atoms in total. The molecule has 1 fully saturated rings. The summed E-state index contributed by atoms with van der Waals surface area (Å²) in [5.74, 6) is 0.642. The molecule has 0 spiro atoms. The zero-order chi connectivity index (χ0) is 19.5. The van der Waals surface area contributed by atoms with Crippen LogP contribution in [-0.4, -0.2) is 45.0 Å². The third-order valence-electron chi connectivity index (χ3n) is 4.18. The number of rotatable bonds is 8. The molecule has 0 aromatic heterocycles. The van der Waals surface area contributed by atoms with Gasteiger partial charge < -0.3 is 20.1 Å². The van der Waals surface area contributed by atoms with Crippen molar-refractivity contribution in [2.45, 2.75) is 45.0 Å². The van der Waals surface area contributed by atoms with Crippen LogP contribution in [0.25, 0.3) is 0 Å². The van der Waals surface area contributed by atoms with Crippen molar-refractivity contribution in [3.8, 4) is 0 Å². The smallest absolute Gasteiger partial charge is 0.381 e. The Morgan fingerprint density at radius 3 is 2.46 bits per heavy atom. The van der Waals surface area contributed by atoms with E-state index in [4.69, 9.17) is 9.47 Å². The lowest BCUT2D eigenvalue weighted by molar-refractivity contribution is -0.137. The van der Waals surface area contributed by atoms with E-state index in [1.165, 1.54) is 12.1 Å². The lowest BCUT2D eigenvalue weighted by Gasteiger charge is -2.22. The number of nitrogens with one attached hydrogen (secondary N) is 2. The van der Waals surface area contributed by atoms with Crippen LogP contribution in [0.5, 0.6) is 0 Å². The Balaban J connectivity index is 0.00000392. The van der Waals surface area contributed by atoms with Crippen molar-refractivity contribution in [1.82, 2.24) is 10.6 Å². The zero-order valence-electron chi connectivity index (χ0n) is 16.1. The minimum atomic E-state index is -4.31. The highest BCUT2D eigenvalue weighted by atomic mass is 127. The number of halogens is 4. The second-order valence-electron chi connectivity index (χ2n) is 6.35. The maximum absolute atomic E-state index is 12.6. The monoisotopic (exact) mass is 515 g/mol. The summed E-state index contributed by atoms with van der Waals surface area (Å²) in [6.07, 6.45) is -1.28. The summed E-state index contributed by atoms with van der Waals surface area (Å²) in [4.78, 5) is 4.42. The molecule has 0 radical (unpaired) electrons. The molecule has 0 atom stereocenters. The fourth-order valence-corrected chi connectivity index (χ4v) is 2.68. The van der Waals surface area contributed by atoms with Gasteiger partial charge in [-0.15, -0.1) is 24.0 Å². The Bertz CT molecular complexity index is 577. The number of hydrogen-bond acceptors (Lipinski definition) is 3. The molecule has 160 valence electrons. The van der Waals surface area contributed by atoms with Crippen LogP contribution in [0.3, 0.4) is 0 Å². The third kappa shape index (κ3) is 9.42. The molecular weight excluding hydrogens is 486 g/mol. The molecule has 0 saturated carbocycles. The van der Waals surface area contributed by atoms with Crippen molar-refractivity contribution in [3.05, 3.63) is 35.4 Å². The first kappa shape index (κ1) is 25.0. The van der Waals surface area contributed by atoms with Crippen LogP contribution in [0.2, 0.25) is 0 Å². The lowest BCUT2D eigenvalue weighted by atomic mass is 10.1. The van der Waals surface area contributed by atoms with Crippen LogP contribution in [0.15, 0.2) is 29.3 Å². The minimum Gasteiger partial charge on any atom is -0.381 e. The van der Waals surface area contributed by atoms with Gasteiger partial charge in [0.15, 0.2) is 5.96 Å². The van der Waals surface area contributed by atoms with Crippen molar-refractivity contribution in [2.75, 3.05) is 32.9 Å². The first-order valence-electron chi connectivity index (χ1n) is 9.36. The van der Waals surface area contributed by atoms with Gasteiger partial charge in [-0.2, -0.15) is 13.2 Å². The summed E-state index contributed by atoms with van der Waals surface area (Å²) in [5.41, 5.74) is 0.0767. The van der Waals surface area contributed by atoms with Crippen LogP contribution < -0.4 is 10.6 Å². The number of ether oxygens (including phenoxy) is 2. The van der Waals surface area contributed by atoms with Crippen molar-refractivity contribution in [2.24, 2.45) is 4.99 Å². The van der Waals surface area contributed by atoms with Gasteiger partial charge in [0.2, 0.25) is 0 Å². The molecule has 0 aliphatic carbocycles. The lowest BCUT2D eigenvalue weighted by Crippen LogP contribution is -2.38.